The number of hydrogen-bond acceptors (Lipinski definition) is 4. The number of nitrogens with zero attached hydrogens (tertiary/aromatic N) is 1. The predicted octanol–water partition coefficient (Wildman–Crippen LogP) is 1.21. The molecule has 6 nitrogen and oxygen atoms in total. The highest BCUT2D eigenvalue weighted by Crippen LogP contribution is 2.11. The van der Waals surface area contributed by atoms with Crippen LogP contribution in [0, 0.1) is 5.82 Å². The minimum Gasteiger partial charge on any atom is -0.304 e. The summed E-state index contributed by atoms with van der Waals surface area (Å²) in [6.45, 7) is 0. The van der Waals surface area contributed by atoms with Crippen molar-refractivity contribution in [1.82, 2.24) is 5.43 Å². The maximum Gasteiger partial charge on any atom is 0.339 e. The lowest BCUT2D eigenvalue weighted by molar-refractivity contribution is 0.252. The van der Waals surface area contributed by atoms with Gasteiger partial charge < -0.3 is 5.32 Å². The summed E-state index contributed by atoms with van der Waals surface area (Å²) in [6.07, 6.45) is 0. The minimum absolute atomic E-state index is 0.0439. The lowest BCUT2D eigenvalue weighted by Crippen LogP contribution is -2.36. The van der Waals surface area contributed by atoms with Crippen molar-refractivity contribution in [2.75, 3.05) is 5.32 Å². The molecule has 2 N–H and O–H groups in total. The summed E-state index contributed by atoms with van der Waals surface area (Å²) >= 11 is 0. The highest BCUT2D eigenvalue weighted by molar-refractivity contribution is 5.89. The zero-order valence-corrected chi connectivity index (χ0v) is 11.7. The topological polar surface area (TPSA) is 87.6 Å². The van der Waals surface area contributed by atoms with Crippen LogP contribution in [-0.4, -0.2) is 6.03 Å². The Bertz CT molecular complexity index is 1000. The molecule has 114 valence electrons. The third kappa shape index (κ3) is 2.71. The van der Waals surface area contributed by atoms with Gasteiger partial charge in [-0.3, -0.25) is 9.59 Å². The van der Waals surface area contributed by atoms with Gasteiger partial charge in [0.25, 0.3) is 0 Å². The van der Waals surface area contributed by atoms with E-state index in [1.165, 1.54) is 30.3 Å². The molecule has 23 heavy (non-hydrogen) atoms. The first kappa shape index (κ1) is 14.6. The van der Waals surface area contributed by atoms with E-state index in [-0.39, 0.29) is 21.8 Å². The van der Waals surface area contributed by atoms with Gasteiger partial charge in [0.2, 0.25) is 10.9 Å². The second-order valence-corrected chi connectivity index (χ2v) is 4.71. The van der Waals surface area contributed by atoms with Crippen LogP contribution in [0.5, 0.6) is 0 Å². The van der Waals surface area contributed by atoms with Gasteiger partial charge in [0.1, 0.15) is 5.82 Å². The third-order valence-electron chi connectivity index (χ3n) is 3.24. The Kier molecular flexibility index (Phi) is 3.68. The molecule has 0 unspecified atom stereocenters. The number of urea groups is 1. The molecule has 0 atom stereocenters. The molecule has 3 rings (SSSR count). The zero-order valence-electron chi connectivity index (χ0n) is 11.7. The van der Waals surface area contributed by atoms with E-state index in [0.717, 1.165) is 0 Å². The van der Waals surface area contributed by atoms with Gasteiger partial charge >= 0.3 is 6.03 Å². The minimum atomic E-state index is -0.862. The predicted molar refractivity (Wildman–Crippen MR) is 83.0 cm³/mol. The van der Waals surface area contributed by atoms with E-state index in [1.807, 2.05) is 5.43 Å². The van der Waals surface area contributed by atoms with Crippen molar-refractivity contribution in [2.24, 2.45) is 5.10 Å². The Morgan fingerprint density at radius 3 is 2.09 bits per heavy atom. The molecule has 0 radical (unpaired) electrons. The maximum absolute atomic E-state index is 13.4. The summed E-state index contributed by atoms with van der Waals surface area (Å²) in [4.78, 5) is 35.8. The first-order valence-electron chi connectivity index (χ1n) is 6.65. The van der Waals surface area contributed by atoms with E-state index in [1.54, 1.807) is 18.2 Å². The van der Waals surface area contributed by atoms with Crippen LogP contribution in [0.4, 0.5) is 14.9 Å². The van der Waals surface area contributed by atoms with Gasteiger partial charge in [-0.05, 0) is 12.1 Å². The Morgan fingerprint density at radius 2 is 1.48 bits per heavy atom. The normalized spacial score (nSPS) is 10.5. The third-order valence-corrected chi connectivity index (χ3v) is 3.24. The van der Waals surface area contributed by atoms with E-state index < -0.39 is 22.7 Å². The fraction of sp³-hybridized carbons (Fsp3) is 0. The summed E-state index contributed by atoms with van der Waals surface area (Å²) in [5.74, 6) is -0.615. The van der Waals surface area contributed by atoms with Crippen LogP contribution in [0.1, 0.15) is 0 Å². The molecule has 0 heterocycles. The van der Waals surface area contributed by atoms with E-state index in [4.69, 9.17) is 0 Å². The molecular weight excluding hydrogens is 301 g/mol. The molecule has 0 spiro atoms. The smallest absolute Gasteiger partial charge is 0.304 e. The fourth-order valence-electron chi connectivity index (χ4n) is 2.16. The van der Waals surface area contributed by atoms with E-state index in [0.29, 0.717) is 0 Å². The summed E-state index contributed by atoms with van der Waals surface area (Å²) in [5.41, 5.74) is 0.865. The van der Waals surface area contributed by atoms with Crippen LogP contribution in [0.25, 0.3) is 10.8 Å². The second-order valence-electron chi connectivity index (χ2n) is 4.71. The van der Waals surface area contributed by atoms with Crippen LogP contribution in [-0.2, 0) is 0 Å². The average Bonchev–Trinajstić information content (AvgIpc) is 2.80. The monoisotopic (exact) mass is 311 g/mol. The summed E-state index contributed by atoms with van der Waals surface area (Å²) in [7, 11) is 0. The summed E-state index contributed by atoms with van der Waals surface area (Å²) < 4.78 is 13.4. The Morgan fingerprint density at radius 1 is 0.913 bits per heavy atom. The van der Waals surface area contributed by atoms with Crippen molar-refractivity contribution in [3.8, 4) is 0 Å². The molecular formula is C16H10FN3O3. The molecule has 0 saturated heterocycles. The average molecular weight is 311 g/mol. The Balaban J connectivity index is 1.89. The van der Waals surface area contributed by atoms with E-state index >= 15 is 0 Å². The summed E-state index contributed by atoms with van der Waals surface area (Å²) in [5, 5.41) is 5.90. The van der Waals surface area contributed by atoms with Gasteiger partial charge in [0, 0.05) is 10.8 Å². The maximum atomic E-state index is 13.4. The number of benzene rings is 2. The fourth-order valence-corrected chi connectivity index (χ4v) is 2.16. The van der Waals surface area contributed by atoms with Crippen LogP contribution < -0.4 is 27.0 Å². The van der Waals surface area contributed by atoms with Crippen LogP contribution in [0.2, 0.25) is 0 Å². The lowest BCUT2D eigenvalue weighted by atomic mass is 10.2. The van der Waals surface area contributed by atoms with Gasteiger partial charge in [-0.25, -0.2) is 14.6 Å². The first-order valence-corrected chi connectivity index (χ1v) is 6.65. The number of halogens is 1. The number of fused-ring (bicyclic) bond motifs is 1. The number of amides is 2. The lowest BCUT2D eigenvalue weighted by Gasteiger charge is -2.04. The Labute approximate surface area is 128 Å². The summed E-state index contributed by atoms with van der Waals surface area (Å²) in [6, 6.07) is 11.0. The number of para-hydroxylation sites is 1. The van der Waals surface area contributed by atoms with Crippen LogP contribution in [0.15, 0.2) is 63.2 Å². The zero-order chi connectivity index (χ0) is 16.4. The van der Waals surface area contributed by atoms with Gasteiger partial charge in [-0.1, -0.05) is 36.4 Å². The quantitative estimate of drug-likeness (QED) is 0.697. The van der Waals surface area contributed by atoms with Crippen LogP contribution >= 0.6 is 0 Å². The van der Waals surface area contributed by atoms with E-state index in [2.05, 4.69) is 10.4 Å². The molecule has 7 heteroatoms. The number of carbonyl (C=O) groups is 1. The number of nitrogens with one attached hydrogen (secondary N) is 2. The molecule has 2 amide bonds. The van der Waals surface area contributed by atoms with Crippen molar-refractivity contribution >= 4 is 22.5 Å². The van der Waals surface area contributed by atoms with Gasteiger partial charge in [-0.2, -0.15) is 5.10 Å². The van der Waals surface area contributed by atoms with Crippen LogP contribution in [0.3, 0.4) is 0 Å². The number of anilines is 1. The van der Waals surface area contributed by atoms with Gasteiger partial charge in [0.05, 0.1) is 5.69 Å². The van der Waals surface area contributed by atoms with Gasteiger partial charge in [-0.15, -0.1) is 0 Å². The SMILES string of the molecule is O=C(NN=c1c(=O)c2ccccc2c1=O)Nc1ccccc1F. The van der Waals surface area contributed by atoms with Crippen molar-refractivity contribution < 1.29 is 9.18 Å². The molecule has 3 aromatic rings. The molecule has 0 bridgehead atoms. The molecule has 0 saturated carbocycles. The number of rotatable bonds is 2. The Hall–Kier alpha value is -3.35. The standard InChI is InChI=1S/C16H10FN3O3/c17-11-7-3-4-8-12(11)18-16(23)20-19-13-14(21)9-5-1-2-6-10(9)15(13)22/h1-8H,(H2,18,20,23). The van der Waals surface area contributed by atoms with Gasteiger partial charge in [0.15, 0.2) is 5.36 Å². The van der Waals surface area contributed by atoms with Crippen molar-refractivity contribution in [3.05, 3.63) is 80.2 Å². The van der Waals surface area contributed by atoms with Crippen molar-refractivity contribution in [3.63, 3.8) is 0 Å². The molecule has 3 aromatic carbocycles. The molecule has 0 aromatic heterocycles. The first-order chi connectivity index (χ1) is 11.1. The van der Waals surface area contributed by atoms with E-state index in [9.17, 15) is 18.8 Å². The molecule has 0 aliphatic heterocycles. The molecule has 0 fully saturated rings. The highest BCUT2D eigenvalue weighted by Gasteiger charge is 2.11. The van der Waals surface area contributed by atoms with Crippen molar-refractivity contribution in [1.29, 1.82) is 0 Å². The number of carbonyl (C=O) groups excluding carboxylic acids is 1. The molecule has 0 aliphatic carbocycles. The highest BCUT2D eigenvalue weighted by atomic mass is 19.1. The molecule has 0 aliphatic rings. The largest absolute Gasteiger partial charge is 0.339 e. The second kappa shape index (κ2) is 5.80. The number of hydrogen-bond donors (Lipinski definition) is 2. The van der Waals surface area contributed by atoms with Crippen molar-refractivity contribution in [2.45, 2.75) is 0 Å².